The summed E-state index contributed by atoms with van der Waals surface area (Å²) in [6.45, 7) is 6.01. The highest BCUT2D eigenvalue weighted by molar-refractivity contribution is 6.10. The molecule has 210 valence electrons. The van der Waals surface area contributed by atoms with Crippen LogP contribution in [0.3, 0.4) is 0 Å². The number of carbonyl (C=O) groups excluding carboxylic acids is 2. The van der Waals surface area contributed by atoms with E-state index in [9.17, 15) is 9.59 Å². The fraction of sp³-hybridized carbons (Fsp3) is 0.290. The minimum absolute atomic E-state index is 0. The zero-order valence-corrected chi connectivity index (χ0v) is 22.9. The predicted molar refractivity (Wildman–Crippen MR) is 152 cm³/mol. The third-order valence-electron chi connectivity index (χ3n) is 7.70. The number of rotatable bonds is 8. The Morgan fingerprint density at radius 1 is 0.975 bits per heavy atom. The maximum absolute atomic E-state index is 14.4. The van der Waals surface area contributed by atoms with E-state index >= 15 is 0 Å². The van der Waals surface area contributed by atoms with E-state index in [-0.39, 0.29) is 18.0 Å². The van der Waals surface area contributed by atoms with E-state index in [0.29, 0.717) is 28.5 Å². The van der Waals surface area contributed by atoms with Crippen LogP contribution in [-0.4, -0.2) is 51.3 Å². The van der Waals surface area contributed by atoms with Crippen LogP contribution >= 0.6 is 0 Å². The second kappa shape index (κ2) is 11.4. The van der Waals surface area contributed by atoms with Crippen LogP contribution in [0.15, 0.2) is 67.2 Å². The van der Waals surface area contributed by atoms with E-state index in [1.54, 1.807) is 27.2 Å². The Hall–Kier alpha value is -4.34. The fourth-order valence-corrected chi connectivity index (χ4v) is 6.25. The lowest BCUT2D eigenvalue weighted by Gasteiger charge is -2.36. The molecule has 1 amide bonds. The first-order valence-corrected chi connectivity index (χ1v) is 12.8. The van der Waals surface area contributed by atoms with E-state index in [1.165, 1.54) is 7.11 Å². The number of anilines is 1. The van der Waals surface area contributed by atoms with Gasteiger partial charge in [0.05, 0.1) is 34.0 Å². The number of nitrogens with one attached hydrogen (secondary N) is 2. The van der Waals surface area contributed by atoms with Gasteiger partial charge in [0.2, 0.25) is 11.7 Å². The molecule has 9 heteroatoms. The largest absolute Gasteiger partial charge is 0.493 e. The smallest absolute Gasteiger partial charge is 0.323 e. The number of benzene rings is 3. The summed E-state index contributed by atoms with van der Waals surface area (Å²) in [7, 11) is 4.62. The second-order valence-corrected chi connectivity index (χ2v) is 9.47. The summed E-state index contributed by atoms with van der Waals surface area (Å²) in [5, 5.41) is 6.62. The van der Waals surface area contributed by atoms with Crippen LogP contribution in [0.25, 0.3) is 6.08 Å². The molecule has 3 aromatic carbocycles. The first-order valence-electron chi connectivity index (χ1n) is 12.8. The molecule has 4 N–H and O–H groups in total. The van der Waals surface area contributed by atoms with Gasteiger partial charge in [0.1, 0.15) is 11.5 Å². The molecule has 0 aliphatic carbocycles. The van der Waals surface area contributed by atoms with E-state index in [0.717, 1.165) is 16.7 Å². The summed E-state index contributed by atoms with van der Waals surface area (Å²) in [4.78, 5) is 28.0. The number of hydrogen-bond donors (Lipinski definition) is 2. The molecule has 1 spiro atoms. The van der Waals surface area contributed by atoms with Crippen LogP contribution < -0.4 is 24.8 Å². The molecule has 0 bridgehead atoms. The summed E-state index contributed by atoms with van der Waals surface area (Å²) in [5.74, 6) is 0.0480. The molecule has 9 nitrogen and oxygen atoms in total. The molecular formula is C31H34N2O7. The van der Waals surface area contributed by atoms with Crippen LogP contribution in [0.5, 0.6) is 17.2 Å². The van der Waals surface area contributed by atoms with Crippen molar-refractivity contribution < 1.29 is 34.0 Å². The van der Waals surface area contributed by atoms with Crippen LogP contribution in [0.1, 0.15) is 41.1 Å². The van der Waals surface area contributed by atoms with Gasteiger partial charge in [-0.05, 0) is 41.8 Å². The summed E-state index contributed by atoms with van der Waals surface area (Å²) in [6, 6.07) is 17.4. The average molecular weight is 547 g/mol. The number of hydrogen-bond acceptors (Lipinski definition) is 7. The third kappa shape index (κ3) is 4.18. The van der Waals surface area contributed by atoms with Gasteiger partial charge in [0, 0.05) is 17.2 Å². The van der Waals surface area contributed by atoms with Gasteiger partial charge >= 0.3 is 5.97 Å². The number of carbonyl (C=O) groups is 2. The standard InChI is InChI=1S/C31H32N2O6.H2O/c1-6-18-14-11-15-21-24(18)31(30(35)32-21)25(19-12-9-8-10-13-19)26(29(34)39-7-2)33-28(31)20-16-22(36-3)27(38-5)23(17-20)37-4;/h6,8-17,25-26,28,33H,1,7H2,2-5H3,(H,32,35);1H2/t25-,26-,28-,31-;/m0./s1. The molecule has 3 aromatic rings. The zero-order chi connectivity index (χ0) is 27.7. The van der Waals surface area contributed by atoms with Gasteiger partial charge in [-0.2, -0.15) is 0 Å². The fourth-order valence-electron chi connectivity index (χ4n) is 6.25. The highest BCUT2D eigenvalue weighted by Gasteiger charge is 2.66. The first-order chi connectivity index (χ1) is 19.0. The Kier molecular flexibility index (Phi) is 8.18. The SMILES string of the molecule is C=Cc1cccc2c1[C@@]1(C(=O)N2)[C@H](c2cc(OC)c(OC)c(OC)c2)N[C@H](C(=O)OCC)[C@@H]1c1ccccc1.O. The van der Waals surface area contributed by atoms with Crippen LogP contribution in [0, 0.1) is 0 Å². The van der Waals surface area contributed by atoms with E-state index < -0.39 is 29.4 Å². The van der Waals surface area contributed by atoms with Crippen LogP contribution in [-0.2, 0) is 19.7 Å². The van der Waals surface area contributed by atoms with Crippen molar-refractivity contribution in [2.24, 2.45) is 0 Å². The number of fused-ring (bicyclic) bond motifs is 2. The van der Waals surface area contributed by atoms with Gasteiger partial charge in [0.15, 0.2) is 11.5 Å². The molecule has 1 saturated heterocycles. The maximum atomic E-state index is 14.4. The van der Waals surface area contributed by atoms with Crippen molar-refractivity contribution in [3.63, 3.8) is 0 Å². The highest BCUT2D eigenvalue weighted by Crippen LogP contribution is 2.61. The summed E-state index contributed by atoms with van der Waals surface area (Å²) >= 11 is 0. The number of methoxy groups -OCH3 is 3. The molecular weight excluding hydrogens is 512 g/mol. The minimum atomic E-state index is -1.25. The molecule has 5 rings (SSSR count). The lowest BCUT2D eigenvalue weighted by Crippen LogP contribution is -2.44. The van der Waals surface area contributed by atoms with Gasteiger partial charge in [-0.15, -0.1) is 0 Å². The molecule has 1 fully saturated rings. The molecule has 2 aliphatic rings. The molecule has 0 saturated carbocycles. The lowest BCUT2D eigenvalue weighted by molar-refractivity contribution is -0.145. The topological polar surface area (TPSA) is 127 Å². The normalized spacial score (nSPS) is 22.6. The van der Waals surface area contributed by atoms with Crippen molar-refractivity contribution in [2.75, 3.05) is 33.3 Å². The summed E-state index contributed by atoms with van der Waals surface area (Å²) in [6.07, 6.45) is 1.74. The van der Waals surface area contributed by atoms with Crippen molar-refractivity contribution in [1.82, 2.24) is 5.32 Å². The Labute approximate surface area is 233 Å². The van der Waals surface area contributed by atoms with Crippen molar-refractivity contribution in [3.8, 4) is 17.2 Å². The van der Waals surface area contributed by atoms with Gasteiger partial charge < -0.3 is 29.7 Å². The van der Waals surface area contributed by atoms with Gasteiger partial charge in [-0.3, -0.25) is 14.9 Å². The molecule has 2 heterocycles. The van der Waals surface area contributed by atoms with Crippen molar-refractivity contribution in [1.29, 1.82) is 0 Å². The predicted octanol–water partition coefficient (Wildman–Crippen LogP) is 3.78. The molecule has 4 atom stereocenters. The molecule has 0 aromatic heterocycles. The Morgan fingerprint density at radius 3 is 2.23 bits per heavy atom. The molecule has 0 unspecified atom stereocenters. The number of esters is 1. The highest BCUT2D eigenvalue weighted by atomic mass is 16.5. The second-order valence-electron chi connectivity index (χ2n) is 9.47. The summed E-state index contributed by atoms with van der Waals surface area (Å²) in [5.41, 5.74) is 2.54. The third-order valence-corrected chi connectivity index (χ3v) is 7.70. The van der Waals surface area contributed by atoms with E-state index in [1.807, 2.05) is 60.7 Å². The Morgan fingerprint density at radius 2 is 1.65 bits per heavy atom. The lowest BCUT2D eigenvalue weighted by atomic mass is 9.62. The van der Waals surface area contributed by atoms with E-state index in [2.05, 4.69) is 17.2 Å². The molecule has 0 radical (unpaired) electrons. The van der Waals surface area contributed by atoms with Gasteiger partial charge in [-0.1, -0.05) is 55.1 Å². The molecule has 40 heavy (non-hydrogen) atoms. The Bertz CT molecular complexity index is 1400. The van der Waals surface area contributed by atoms with E-state index in [4.69, 9.17) is 18.9 Å². The van der Waals surface area contributed by atoms with Gasteiger partial charge in [0.25, 0.3) is 0 Å². The van der Waals surface area contributed by atoms with Crippen LogP contribution in [0.4, 0.5) is 5.69 Å². The monoisotopic (exact) mass is 546 g/mol. The summed E-state index contributed by atoms with van der Waals surface area (Å²) < 4.78 is 22.4. The zero-order valence-electron chi connectivity index (χ0n) is 22.9. The van der Waals surface area contributed by atoms with Crippen molar-refractivity contribution >= 4 is 23.6 Å². The van der Waals surface area contributed by atoms with Gasteiger partial charge in [-0.25, -0.2) is 0 Å². The molecule has 2 aliphatic heterocycles. The number of amides is 1. The van der Waals surface area contributed by atoms with Crippen LogP contribution in [0.2, 0.25) is 0 Å². The quantitative estimate of drug-likeness (QED) is 0.412. The minimum Gasteiger partial charge on any atom is -0.493 e. The first kappa shape index (κ1) is 28.7. The van der Waals surface area contributed by atoms with Crippen molar-refractivity contribution in [2.45, 2.75) is 30.3 Å². The Balaban J connectivity index is 0.00000370. The van der Waals surface area contributed by atoms with Crippen molar-refractivity contribution in [3.05, 3.63) is 89.5 Å². The maximum Gasteiger partial charge on any atom is 0.323 e. The number of ether oxygens (including phenoxy) is 4. The average Bonchev–Trinajstić information content (AvgIpc) is 3.48.